The average molecular weight is 361 g/mol. The summed E-state index contributed by atoms with van der Waals surface area (Å²) in [5.41, 5.74) is 0.451. The normalized spacial score (nSPS) is 17.9. The van der Waals surface area contributed by atoms with Crippen molar-refractivity contribution in [3.63, 3.8) is 0 Å². The van der Waals surface area contributed by atoms with Crippen molar-refractivity contribution >= 4 is 33.2 Å². The summed E-state index contributed by atoms with van der Waals surface area (Å²) < 4.78 is 30.5. The Morgan fingerprint density at radius 1 is 1.48 bits per heavy atom. The lowest BCUT2D eigenvalue weighted by Crippen LogP contribution is -2.36. The fourth-order valence-corrected chi connectivity index (χ4v) is 3.55. The van der Waals surface area contributed by atoms with Crippen molar-refractivity contribution in [1.29, 1.82) is 0 Å². The van der Waals surface area contributed by atoms with Crippen LogP contribution >= 0.6 is 11.6 Å². The molecule has 1 N–H and O–H groups in total. The van der Waals surface area contributed by atoms with E-state index in [0.29, 0.717) is 17.3 Å². The molecular formula is C15H21ClN2O4S. The van der Waals surface area contributed by atoms with Gasteiger partial charge in [0.05, 0.1) is 18.0 Å². The first-order valence-corrected chi connectivity index (χ1v) is 9.70. The molecule has 1 aliphatic heterocycles. The van der Waals surface area contributed by atoms with Crippen LogP contribution in [0.4, 0.5) is 5.69 Å². The minimum absolute atomic E-state index is 0.0660. The van der Waals surface area contributed by atoms with E-state index in [2.05, 4.69) is 5.32 Å². The predicted octanol–water partition coefficient (Wildman–Crippen LogP) is 1.79. The van der Waals surface area contributed by atoms with Crippen LogP contribution in [-0.4, -0.2) is 46.4 Å². The molecule has 0 bridgehead atoms. The van der Waals surface area contributed by atoms with Gasteiger partial charge >= 0.3 is 0 Å². The average Bonchev–Trinajstić information content (AvgIpc) is 2.97. The number of carbonyl (C=O) groups excluding carboxylic acids is 1. The molecule has 0 aromatic heterocycles. The van der Waals surface area contributed by atoms with Gasteiger partial charge in [-0.05, 0) is 31.0 Å². The summed E-state index contributed by atoms with van der Waals surface area (Å²) in [5, 5.41) is 3.23. The second-order valence-corrected chi connectivity index (χ2v) is 7.85. The van der Waals surface area contributed by atoms with E-state index in [1.807, 2.05) is 0 Å². The van der Waals surface area contributed by atoms with Crippen LogP contribution in [0.1, 0.15) is 19.3 Å². The van der Waals surface area contributed by atoms with E-state index in [4.69, 9.17) is 16.3 Å². The molecule has 1 unspecified atom stereocenters. The highest BCUT2D eigenvalue weighted by Crippen LogP contribution is 2.22. The number of sulfonamides is 1. The second-order valence-electron chi connectivity index (χ2n) is 5.50. The number of nitrogens with zero attached hydrogens (tertiary/aromatic N) is 1. The van der Waals surface area contributed by atoms with Gasteiger partial charge in [0, 0.05) is 31.1 Å². The topological polar surface area (TPSA) is 75.7 Å². The van der Waals surface area contributed by atoms with Crippen molar-refractivity contribution in [2.45, 2.75) is 25.4 Å². The first-order valence-electron chi connectivity index (χ1n) is 7.48. The Bertz CT molecular complexity index is 645. The van der Waals surface area contributed by atoms with Gasteiger partial charge in [0.1, 0.15) is 0 Å². The molecule has 1 fully saturated rings. The van der Waals surface area contributed by atoms with E-state index in [1.54, 1.807) is 24.3 Å². The van der Waals surface area contributed by atoms with Gasteiger partial charge in [-0.15, -0.1) is 0 Å². The van der Waals surface area contributed by atoms with Crippen molar-refractivity contribution in [2.75, 3.05) is 30.3 Å². The minimum Gasteiger partial charge on any atom is -0.376 e. The number of anilines is 1. The van der Waals surface area contributed by atoms with Gasteiger partial charge in [0.2, 0.25) is 15.9 Å². The van der Waals surface area contributed by atoms with Crippen LogP contribution < -0.4 is 9.62 Å². The maximum atomic E-state index is 12.0. The third kappa shape index (κ3) is 5.67. The molecule has 1 atom stereocenters. The Kier molecular flexibility index (Phi) is 6.26. The number of halogens is 1. The van der Waals surface area contributed by atoms with Crippen LogP contribution in [0.25, 0.3) is 0 Å². The zero-order valence-electron chi connectivity index (χ0n) is 13.0. The SMILES string of the molecule is CS(=O)(=O)N(CCC(=O)NCC1CCCO1)c1cccc(Cl)c1. The fourth-order valence-electron chi connectivity index (χ4n) is 2.44. The van der Waals surface area contributed by atoms with Gasteiger partial charge in [0.25, 0.3) is 0 Å². The lowest BCUT2D eigenvalue weighted by molar-refractivity contribution is -0.121. The summed E-state index contributed by atoms with van der Waals surface area (Å²) in [4.78, 5) is 11.9. The number of carbonyl (C=O) groups is 1. The van der Waals surface area contributed by atoms with E-state index < -0.39 is 10.0 Å². The maximum absolute atomic E-state index is 12.0. The highest BCUT2D eigenvalue weighted by Gasteiger charge is 2.20. The van der Waals surface area contributed by atoms with Crippen molar-refractivity contribution in [1.82, 2.24) is 5.32 Å². The summed E-state index contributed by atoms with van der Waals surface area (Å²) in [6, 6.07) is 6.55. The van der Waals surface area contributed by atoms with Gasteiger partial charge in [0.15, 0.2) is 0 Å². The van der Waals surface area contributed by atoms with Crippen molar-refractivity contribution < 1.29 is 17.9 Å². The summed E-state index contributed by atoms with van der Waals surface area (Å²) in [7, 11) is -3.49. The number of hydrogen-bond donors (Lipinski definition) is 1. The van der Waals surface area contributed by atoms with E-state index in [9.17, 15) is 13.2 Å². The standard InChI is InChI=1S/C15H21ClN2O4S/c1-23(20,21)18(13-5-2-4-12(16)10-13)8-7-15(19)17-11-14-6-3-9-22-14/h2,4-5,10,14H,3,6-9,11H2,1H3,(H,17,19). The van der Waals surface area contributed by atoms with Gasteiger partial charge in [-0.1, -0.05) is 17.7 Å². The maximum Gasteiger partial charge on any atom is 0.232 e. The molecule has 1 aliphatic rings. The molecule has 0 radical (unpaired) electrons. The molecule has 0 saturated carbocycles. The van der Waals surface area contributed by atoms with Crippen LogP contribution in [0.3, 0.4) is 0 Å². The molecule has 0 spiro atoms. The van der Waals surface area contributed by atoms with Crippen LogP contribution in [0.15, 0.2) is 24.3 Å². The van der Waals surface area contributed by atoms with Crippen molar-refractivity contribution in [3.05, 3.63) is 29.3 Å². The molecule has 6 nitrogen and oxygen atoms in total. The zero-order chi connectivity index (χ0) is 16.9. The number of rotatable bonds is 7. The molecule has 1 amide bonds. The second kappa shape index (κ2) is 7.99. The largest absolute Gasteiger partial charge is 0.376 e. The van der Waals surface area contributed by atoms with Crippen LogP contribution in [0, 0.1) is 0 Å². The monoisotopic (exact) mass is 360 g/mol. The number of benzene rings is 1. The first-order chi connectivity index (χ1) is 10.9. The van der Waals surface area contributed by atoms with E-state index in [1.165, 1.54) is 4.31 Å². The molecule has 1 aromatic rings. The quantitative estimate of drug-likeness (QED) is 0.804. The van der Waals surface area contributed by atoms with Crippen molar-refractivity contribution in [2.24, 2.45) is 0 Å². The molecule has 1 aromatic carbocycles. The third-order valence-corrected chi connectivity index (χ3v) is 5.02. The number of amides is 1. The Morgan fingerprint density at radius 2 is 2.26 bits per heavy atom. The highest BCUT2D eigenvalue weighted by molar-refractivity contribution is 7.92. The minimum atomic E-state index is -3.49. The Balaban J connectivity index is 1.92. The first kappa shape index (κ1) is 18.0. The van der Waals surface area contributed by atoms with Crippen LogP contribution in [0.5, 0.6) is 0 Å². The molecule has 0 aliphatic carbocycles. The predicted molar refractivity (Wildman–Crippen MR) is 90.2 cm³/mol. The van der Waals surface area contributed by atoms with Crippen LogP contribution in [-0.2, 0) is 19.6 Å². The smallest absolute Gasteiger partial charge is 0.232 e. The fraction of sp³-hybridized carbons (Fsp3) is 0.533. The van der Waals surface area contributed by atoms with Crippen LogP contribution in [0.2, 0.25) is 5.02 Å². The van der Waals surface area contributed by atoms with E-state index in [-0.39, 0.29) is 25.0 Å². The Labute approximate surface area is 141 Å². The number of nitrogens with one attached hydrogen (secondary N) is 1. The van der Waals surface area contributed by atoms with Gasteiger partial charge < -0.3 is 10.1 Å². The lowest BCUT2D eigenvalue weighted by Gasteiger charge is -2.22. The summed E-state index contributed by atoms with van der Waals surface area (Å²) >= 11 is 5.91. The molecule has 128 valence electrons. The summed E-state index contributed by atoms with van der Waals surface area (Å²) in [6.07, 6.45) is 3.21. The van der Waals surface area contributed by atoms with Gasteiger partial charge in [-0.3, -0.25) is 9.10 Å². The Morgan fingerprint density at radius 3 is 2.87 bits per heavy atom. The lowest BCUT2D eigenvalue weighted by atomic mass is 10.2. The van der Waals surface area contributed by atoms with Gasteiger partial charge in [-0.25, -0.2) is 8.42 Å². The molecular weight excluding hydrogens is 340 g/mol. The molecule has 8 heteroatoms. The highest BCUT2D eigenvalue weighted by atomic mass is 35.5. The van der Waals surface area contributed by atoms with E-state index >= 15 is 0 Å². The third-order valence-electron chi connectivity index (χ3n) is 3.59. The summed E-state index contributed by atoms with van der Waals surface area (Å²) in [6.45, 7) is 1.27. The van der Waals surface area contributed by atoms with Gasteiger partial charge in [-0.2, -0.15) is 0 Å². The molecule has 1 heterocycles. The van der Waals surface area contributed by atoms with Crippen molar-refractivity contribution in [3.8, 4) is 0 Å². The Hall–Kier alpha value is -1.31. The number of ether oxygens (including phenoxy) is 1. The van der Waals surface area contributed by atoms with E-state index in [0.717, 1.165) is 25.7 Å². The number of hydrogen-bond acceptors (Lipinski definition) is 4. The summed E-state index contributed by atoms with van der Waals surface area (Å²) in [5.74, 6) is -0.198. The molecule has 23 heavy (non-hydrogen) atoms. The molecule has 1 saturated heterocycles. The molecule has 2 rings (SSSR count). The zero-order valence-corrected chi connectivity index (χ0v) is 14.6.